The van der Waals surface area contributed by atoms with Gasteiger partial charge in [-0.15, -0.1) is 12.4 Å². The minimum Gasteiger partial charge on any atom is -0.465 e. The average molecular weight is 279 g/mol. The van der Waals surface area contributed by atoms with Crippen LogP contribution in [0.5, 0.6) is 0 Å². The molecule has 1 saturated heterocycles. The van der Waals surface area contributed by atoms with Crippen LogP contribution < -0.4 is 5.32 Å². The molecule has 1 heterocycles. The summed E-state index contributed by atoms with van der Waals surface area (Å²) in [7, 11) is 1.66. The largest absolute Gasteiger partial charge is 0.465 e. The first-order chi connectivity index (χ1) is 8.04. The molecule has 1 rings (SSSR count). The Morgan fingerprint density at radius 3 is 2.67 bits per heavy atom. The molecule has 5 nitrogen and oxygen atoms in total. The molecule has 1 N–H and O–H groups in total. The van der Waals surface area contributed by atoms with Crippen molar-refractivity contribution >= 4 is 24.3 Å². The van der Waals surface area contributed by atoms with Gasteiger partial charge in [-0.1, -0.05) is 0 Å². The first-order valence-corrected chi connectivity index (χ1v) is 6.18. The number of carbonyl (C=O) groups is 2. The molecule has 0 spiro atoms. The quantitative estimate of drug-likeness (QED) is 0.774. The third-order valence-electron chi connectivity index (χ3n) is 3.02. The fourth-order valence-electron chi connectivity index (χ4n) is 2.15. The summed E-state index contributed by atoms with van der Waals surface area (Å²) in [6, 6.07) is 0.369. The van der Waals surface area contributed by atoms with Gasteiger partial charge in [-0.05, 0) is 33.2 Å². The third kappa shape index (κ3) is 5.23. The molecule has 0 unspecified atom stereocenters. The van der Waals surface area contributed by atoms with Crippen LogP contribution in [0.2, 0.25) is 0 Å². The molecule has 0 radical (unpaired) electrons. The van der Waals surface area contributed by atoms with Crippen LogP contribution in [0, 0.1) is 5.92 Å². The Hall–Kier alpha value is -0.810. The molecule has 6 heteroatoms. The lowest BCUT2D eigenvalue weighted by atomic mass is 9.92. The Balaban J connectivity index is 0.00000289. The van der Waals surface area contributed by atoms with Gasteiger partial charge in [0.2, 0.25) is 5.91 Å². The zero-order chi connectivity index (χ0) is 12.8. The van der Waals surface area contributed by atoms with Crippen molar-refractivity contribution < 1.29 is 14.3 Å². The second-order valence-corrected chi connectivity index (χ2v) is 4.58. The molecule has 0 saturated carbocycles. The highest BCUT2D eigenvalue weighted by atomic mass is 35.5. The van der Waals surface area contributed by atoms with Crippen molar-refractivity contribution in [3.05, 3.63) is 0 Å². The van der Waals surface area contributed by atoms with E-state index in [1.54, 1.807) is 14.0 Å². The van der Waals surface area contributed by atoms with E-state index in [1.807, 2.05) is 0 Å². The number of rotatable bonds is 4. The van der Waals surface area contributed by atoms with Crippen LogP contribution in [-0.4, -0.2) is 49.6 Å². The lowest BCUT2D eigenvalue weighted by Gasteiger charge is -2.29. The fraction of sp³-hybridized carbons (Fsp3) is 0.833. The summed E-state index contributed by atoms with van der Waals surface area (Å²) in [6.45, 7) is 5.10. The number of carbonyl (C=O) groups excluding carboxylic acids is 2. The molecule has 0 bridgehead atoms. The smallest absolute Gasteiger partial charge is 0.325 e. The highest BCUT2D eigenvalue weighted by molar-refractivity contribution is 5.85. The van der Waals surface area contributed by atoms with Crippen LogP contribution in [0.4, 0.5) is 0 Å². The van der Waals surface area contributed by atoms with E-state index in [0.29, 0.717) is 12.6 Å². The van der Waals surface area contributed by atoms with Crippen LogP contribution in [0.15, 0.2) is 0 Å². The van der Waals surface area contributed by atoms with Crippen molar-refractivity contribution in [2.75, 3.05) is 26.7 Å². The standard InChI is InChI=1S/C12H22N2O3.ClH/c1-4-17-11(15)8-14(3)12(16)10-5-6-13-9(2)7-10;/h9-10,13H,4-8H2,1-3H3;1H/t9-,10-;/m0./s1. The normalized spacial score (nSPS) is 22.8. The Kier molecular flexibility index (Phi) is 7.95. The molecule has 106 valence electrons. The van der Waals surface area contributed by atoms with Gasteiger partial charge in [0.05, 0.1) is 6.61 Å². The number of halogens is 1. The van der Waals surface area contributed by atoms with E-state index in [9.17, 15) is 9.59 Å². The van der Waals surface area contributed by atoms with Gasteiger partial charge in [-0.2, -0.15) is 0 Å². The van der Waals surface area contributed by atoms with Crippen LogP contribution in [0.25, 0.3) is 0 Å². The zero-order valence-electron chi connectivity index (χ0n) is 11.3. The van der Waals surface area contributed by atoms with Gasteiger partial charge in [0.25, 0.3) is 0 Å². The lowest BCUT2D eigenvalue weighted by Crippen LogP contribution is -2.44. The molecular weight excluding hydrogens is 256 g/mol. The van der Waals surface area contributed by atoms with Crippen molar-refractivity contribution in [3.63, 3.8) is 0 Å². The number of piperidine rings is 1. The first kappa shape index (κ1) is 17.2. The van der Waals surface area contributed by atoms with Crippen LogP contribution in [-0.2, 0) is 14.3 Å². The van der Waals surface area contributed by atoms with E-state index in [4.69, 9.17) is 4.74 Å². The number of nitrogens with zero attached hydrogens (tertiary/aromatic N) is 1. The summed E-state index contributed by atoms with van der Waals surface area (Å²) in [5.41, 5.74) is 0. The molecule has 0 aromatic heterocycles. The number of ether oxygens (including phenoxy) is 1. The Morgan fingerprint density at radius 2 is 2.11 bits per heavy atom. The molecule has 0 aromatic rings. The Bertz CT molecular complexity index is 286. The summed E-state index contributed by atoms with van der Waals surface area (Å²) in [5.74, 6) is -0.262. The Morgan fingerprint density at radius 1 is 1.44 bits per heavy atom. The van der Waals surface area contributed by atoms with E-state index < -0.39 is 0 Å². The highest BCUT2D eigenvalue weighted by Crippen LogP contribution is 2.18. The van der Waals surface area contributed by atoms with Crippen molar-refractivity contribution in [1.82, 2.24) is 10.2 Å². The molecule has 2 atom stereocenters. The minimum absolute atomic E-state index is 0. The van der Waals surface area contributed by atoms with Gasteiger partial charge in [0, 0.05) is 19.0 Å². The average Bonchev–Trinajstić information content (AvgIpc) is 2.28. The molecule has 1 fully saturated rings. The fourth-order valence-corrected chi connectivity index (χ4v) is 2.15. The topological polar surface area (TPSA) is 58.6 Å². The second-order valence-electron chi connectivity index (χ2n) is 4.58. The predicted molar refractivity (Wildman–Crippen MR) is 71.7 cm³/mol. The zero-order valence-corrected chi connectivity index (χ0v) is 12.1. The van der Waals surface area contributed by atoms with E-state index in [1.165, 1.54) is 4.90 Å². The van der Waals surface area contributed by atoms with E-state index in [2.05, 4.69) is 12.2 Å². The SMILES string of the molecule is CCOC(=O)CN(C)C(=O)[C@H]1CCN[C@@H](C)C1.Cl. The number of hydrogen-bond donors (Lipinski definition) is 1. The molecule has 1 aliphatic rings. The minimum atomic E-state index is -0.342. The molecule has 18 heavy (non-hydrogen) atoms. The predicted octanol–water partition coefficient (Wildman–Crippen LogP) is 0.818. The van der Waals surface area contributed by atoms with E-state index in [0.717, 1.165) is 19.4 Å². The van der Waals surface area contributed by atoms with Crippen molar-refractivity contribution in [3.8, 4) is 0 Å². The number of likely N-dealkylation sites (N-methyl/N-ethyl adjacent to an activating group) is 1. The summed E-state index contributed by atoms with van der Waals surface area (Å²) in [5, 5.41) is 3.30. The molecular formula is C12H23ClN2O3. The third-order valence-corrected chi connectivity index (χ3v) is 3.02. The van der Waals surface area contributed by atoms with Gasteiger partial charge in [0.1, 0.15) is 6.54 Å². The monoisotopic (exact) mass is 278 g/mol. The van der Waals surface area contributed by atoms with Crippen molar-refractivity contribution in [2.45, 2.75) is 32.7 Å². The first-order valence-electron chi connectivity index (χ1n) is 6.18. The van der Waals surface area contributed by atoms with Crippen molar-refractivity contribution in [1.29, 1.82) is 0 Å². The van der Waals surface area contributed by atoms with Crippen LogP contribution >= 0.6 is 12.4 Å². The van der Waals surface area contributed by atoms with Gasteiger partial charge < -0.3 is 15.0 Å². The van der Waals surface area contributed by atoms with Gasteiger partial charge in [0.15, 0.2) is 0 Å². The maximum Gasteiger partial charge on any atom is 0.325 e. The molecule has 1 aliphatic heterocycles. The van der Waals surface area contributed by atoms with E-state index in [-0.39, 0.29) is 36.7 Å². The summed E-state index contributed by atoms with van der Waals surface area (Å²) < 4.78 is 4.83. The van der Waals surface area contributed by atoms with Gasteiger partial charge >= 0.3 is 5.97 Å². The van der Waals surface area contributed by atoms with Crippen LogP contribution in [0.1, 0.15) is 26.7 Å². The number of nitrogens with one attached hydrogen (secondary N) is 1. The number of esters is 1. The lowest BCUT2D eigenvalue weighted by molar-refractivity contribution is -0.149. The highest BCUT2D eigenvalue weighted by Gasteiger charge is 2.27. The number of amides is 1. The summed E-state index contributed by atoms with van der Waals surface area (Å²) >= 11 is 0. The maximum absolute atomic E-state index is 12.1. The van der Waals surface area contributed by atoms with Gasteiger partial charge in [-0.25, -0.2) is 0 Å². The maximum atomic E-state index is 12.1. The Labute approximate surface area is 115 Å². The van der Waals surface area contributed by atoms with Crippen molar-refractivity contribution in [2.24, 2.45) is 5.92 Å². The second kappa shape index (κ2) is 8.32. The molecule has 1 amide bonds. The van der Waals surface area contributed by atoms with Crippen LogP contribution in [0.3, 0.4) is 0 Å². The van der Waals surface area contributed by atoms with E-state index >= 15 is 0 Å². The molecule has 0 aliphatic carbocycles. The number of hydrogen-bond acceptors (Lipinski definition) is 4. The molecule has 0 aromatic carbocycles. The summed E-state index contributed by atoms with van der Waals surface area (Å²) in [4.78, 5) is 24.8. The van der Waals surface area contributed by atoms with Gasteiger partial charge in [-0.3, -0.25) is 9.59 Å². The summed E-state index contributed by atoms with van der Waals surface area (Å²) in [6.07, 6.45) is 1.68.